The maximum absolute atomic E-state index is 13.0. The van der Waals surface area contributed by atoms with Crippen LogP contribution in [0.25, 0.3) is 0 Å². The quantitative estimate of drug-likeness (QED) is 0.555. The third-order valence-electron chi connectivity index (χ3n) is 5.81. The Labute approximate surface area is 179 Å². The SMILES string of the molecule is CCC[C@@H]1CN(CC(=O)N(C(C)C)C(C)C)CCN1CC(=O)N(C(C)C)C(C)C. The molecule has 29 heavy (non-hydrogen) atoms. The van der Waals surface area contributed by atoms with Crippen LogP contribution in [-0.2, 0) is 9.59 Å². The molecule has 1 heterocycles. The monoisotopic (exact) mass is 410 g/mol. The number of amides is 2. The van der Waals surface area contributed by atoms with Crippen molar-refractivity contribution in [3.05, 3.63) is 0 Å². The summed E-state index contributed by atoms with van der Waals surface area (Å²) in [5.74, 6) is 0.423. The number of piperazine rings is 1. The molecule has 0 spiro atoms. The summed E-state index contributed by atoms with van der Waals surface area (Å²) in [5, 5.41) is 0. The van der Waals surface area contributed by atoms with Gasteiger partial charge >= 0.3 is 0 Å². The number of hydrogen-bond acceptors (Lipinski definition) is 4. The van der Waals surface area contributed by atoms with Gasteiger partial charge in [0.1, 0.15) is 0 Å². The molecule has 6 nitrogen and oxygen atoms in total. The van der Waals surface area contributed by atoms with E-state index in [9.17, 15) is 9.59 Å². The van der Waals surface area contributed by atoms with Crippen molar-refractivity contribution in [2.24, 2.45) is 0 Å². The van der Waals surface area contributed by atoms with E-state index in [0.717, 1.165) is 32.5 Å². The molecular weight excluding hydrogens is 364 g/mol. The molecular formula is C23H46N4O2. The Bertz CT molecular complexity index is 503. The lowest BCUT2D eigenvalue weighted by Gasteiger charge is -2.43. The summed E-state index contributed by atoms with van der Waals surface area (Å²) in [6.07, 6.45) is 2.14. The molecule has 0 bridgehead atoms. The van der Waals surface area contributed by atoms with Gasteiger partial charge in [-0.1, -0.05) is 13.3 Å². The molecule has 1 fully saturated rings. The molecule has 0 aromatic carbocycles. The second-order valence-corrected chi connectivity index (χ2v) is 9.63. The van der Waals surface area contributed by atoms with Crippen LogP contribution in [0.4, 0.5) is 0 Å². The molecule has 0 aliphatic carbocycles. The molecule has 0 saturated carbocycles. The number of carbonyl (C=O) groups excluding carboxylic acids is 2. The highest BCUT2D eigenvalue weighted by Gasteiger charge is 2.32. The fourth-order valence-electron chi connectivity index (χ4n) is 4.79. The van der Waals surface area contributed by atoms with Crippen molar-refractivity contribution >= 4 is 11.8 Å². The zero-order valence-corrected chi connectivity index (χ0v) is 20.4. The maximum atomic E-state index is 13.0. The molecule has 2 amide bonds. The predicted molar refractivity (Wildman–Crippen MR) is 121 cm³/mol. The Morgan fingerprint density at radius 3 is 1.66 bits per heavy atom. The van der Waals surface area contributed by atoms with Gasteiger partial charge in [0.25, 0.3) is 0 Å². The van der Waals surface area contributed by atoms with Crippen LogP contribution in [0.15, 0.2) is 0 Å². The van der Waals surface area contributed by atoms with Gasteiger partial charge in [0.15, 0.2) is 0 Å². The van der Waals surface area contributed by atoms with Crippen molar-refractivity contribution in [3.8, 4) is 0 Å². The molecule has 1 saturated heterocycles. The summed E-state index contributed by atoms with van der Waals surface area (Å²) in [7, 11) is 0. The first kappa shape index (κ1) is 25.9. The largest absolute Gasteiger partial charge is 0.337 e. The van der Waals surface area contributed by atoms with Crippen molar-refractivity contribution < 1.29 is 9.59 Å². The van der Waals surface area contributed by atoms with Gasteiger partial charge in [-0.15, -0.1) is 0 Å². The van der Waals surface area contributed by atoms with Gasteiger partial charge in [0.05, 0.1) is 13.1 Å². The highest BCUT2D eigenvalue weighted by atomic mass is 16.2. The van der Waals surface area contributed by atoms with Gasteiger partial charge in [-0.05, 0) is 61.8 Å². The second kappa shape index (κ2) is 11.9. The van der Waals surface area contributed by atoms with E-state index in [4.69, 9.17) is 0 Å². The minimum absolute atomic E-state index is 0.209. The fourth-order valence-corrected chi connectivity index (χ4v) is 4.79. The molecule has 170 valence electrons. The fraction of sp³-hybridized carbons (Fsp3) is 0.913. The van der Waals surface area contributed by atoms with E-state index in [1.54, 1.807) is 0 Å². The van der Waals surface area contributed by atoms with Crippen LogP contribution in [0.5, 0.6) is 0 Å². The Morgan fingerprint density at radius 1 is 0.793 bits per heavy atom. The van der Waals surface area contributed by atoms with Crippen LogP contribution in [0.3, 0.4) is 0 Å². The minimum Gasteiger partial charge on any atom is -0.337 e. The van der Waals surface area contributed by atoms with E-state index < -0.39 is 0 Å². The summed E-state index contributed by atoms with van der Waals surface area (Å²) in [5.41, 5.74) is 0. The smallest absolute Gasteiger partial charge is 0.237 e. The van der Waals surface area contributed by atoms with Gasteiger partial charge in [0.2, 0.25) is 11.8 Å². The Morgan fingerprint density at radius 2 is 1.24 bits per heavy atom. The lowest BCUT2D eigenvalue weighted by molar-refractivity contribution is -0.140. The van der Waals surface area contributed by atoms with Crippen molar-refractivity contribution in [3.63, 3.8) is 0 Å². The van der Waals surface area contributed by atoms with E-state index in [-0.39, 0.29) is 36.0 Å². The molecule has 1 aliphatic heterocycles. The van der Waals surface area contributed by atoms with Crippen molar-refractivity contribution in [2.75, 3.05) is 32.7 Å². The number of nitrogens with zero attached hydrogens (tertiary/aromatic N) is 4. The van der Waals surface area contributed by atoms with Crippen LogP contribution in [-0.4, -0.2) is 94.3 Å². The summed E-state index contributed by atoms with van der Waals surface area (Å²) >= 11 is 0. The third kappa shape index (κ3) is 7.56. The minimum atomic E-state index is 0.209. The Balaban J connectivity index is 2.77. The number of carbonyl (C=O) groups is 2. The van der Waals surface area contributed by atoms with Crippen LogP contribution in [0.1, 0.15) is 75.2 Å². The first-order chi connectivity index (χ1) is 13.5. The first-order valence-electron chi connectivity index (χ1n) is 11.6. The summed E-state index contributed by atoms with van der Waals surface area (Å²) in [4.78, 5) is 34.4. The third-order valence-corrected chi connectivity index (χ3v) is 5.81. The van der Waals surface area contributed by atoms with Crippen LogP contribution < -0.4 is 0 Å². The molecule has 1 rings (SSSR count). The standard InChI is InChI=1S/C23H46N4O2/c1-10-11-21-14-24(15-22(28)26(17(2)3)18(4)5)12-13-25(21)16-23(29)27(19(6)7)20(8)9/h17-21H,10-16H2,1-9H3/t21-/m1/s1. The molecule has 0 aromatic heterocycles. The van der Waals surface area contributed by atoms with Crippen molar-refractivity contribution in [1.29, 1.82) is 0 Å². The first-order valence-corrected chi connectivity index (χ1v) is 11.6. The number of hydrogen-bond donors (Lipinski definition) is 0. The van der Waals surface area contributed by atoms with Crippen LogP contribution >= 0.6 is 0 Å². The molecule has 1 atom stereocenters. The molecule has 6 heteroatoms. The average Bonchev–Trinajstić information content (AvgIpc) is 2.55. The molecule has 0 radical (unpaired) electrons. The zero-order chi connectivity index (χ0) is 22.3. The molecule has 0 N–H and O–H groups in total. The average molecular weight is 411 g/mol. The highest BCUT2D eigenvalue weighted by molar-refractivity contribution is 5.79. The van der Waals surface area contributed by atoms with Gasteiger partial charge in [-0.25, -0.2) is 0 Å². The van der Waals surface area contributed by atoms with Crippen molar-refractivity contribution in [2.45, 2.75) is 105 Å². The van der Waals surface area contributed by atoms with Gasteiger partial charge < -0.3 is 9.80 Å². The lowest BCUT2D eigenvalue weighted by atomic mass is 10.1. The van der Waals surface area contributed by atoms with E-state index in [2.05, 4.69) is 72.1 Å². The summed E-state index contributed by atoms with van der Waals surface area (Å²) < 4.78 is 0. The van der Waals surface area contributed by atoms with Gasteiger partial charge in [-0.2, -0.15) is 0 Å². The van der Waals surface area contributed by atoms with Crippen LogP contribution in [0.2, 0.25) is 0 Å². The van der Waals surface area contributed by atoms with Crippen LogP contribution in [0, 0.1) is 0 Å². The lowest BCUT2D eigenvalue weighted by Crippen LogP contribution is -2.58. The highest BCUT2D eigenvalue weighted by Crippen LogP contribution is 2.17. The normalized spacial score (nSPS) is 18.9. The summed E-state index contributed by atoms with van der Waals surface area (Å²) in [6.45, 7) is 22.3. The molecule has 0 aromatic rings. The van der Waals surface area contributed by atoms with Gasteiger partial charge in [0, 0.05) is 49.8 Å². The maximum Gasteiger partial charge on any atom is 0.237 e. The molecule has 0 unspecified atom stereocenters. The molecule has 1 aliphatic rings. The summed E-state index contributed by atoms with van der Waals surface area (Å²) in [6, 6.07) is 1.18. The van der Waals surface area contributed by atoms with E-state index >= 15 is 0 Å². The van der Waals surface area contributed by atoms with Crippen molar-refractivity contribution in [1.82, 2.24) is 19.6 Å². The van der Waals surface area contributed by atoms with E-state index in [0.29, 0.717) is 19.1 Å². The Kier molecular flexibility index (Phi) is 10.6. The van der Waals surface area contributed by atoms with Gasteiger partial charge in [-0.3, -0.25) is 19.4 Å². The number of rotatable bonds is 10. The van der Waals surface area contributed by atoms with E-state index in [1.165, 1.54) is 0 Å². The topological polar surface area (TPSA) is 47.1 Å². The predicted octanol–water partition coefficient (Wildman–Crippen LogP) is 3.06. The Hall–Kier alpha value is -1.14. The second-order valence-electron chi connectivity index (χ2n) is 9.63. The van der Waals surface area contributed by atoms with E-state index in [1.807, 2.05) is 9.80 Å². The zero-order valence-electron chi connectivity index (χ0n) is 20.4.